The van der Waals surface area contributed by atoms with Crippen LogP contribution in [-0.2, 0) is 20.9 Å². The topological polar surface area (TPSA) is 112 Å². The van der Waals surface area contributed by atoms with Gasteiger partial charge < -0.3 is 20.6 Å². The summed E-state index contributed by atoms with van der Waals surface area (Å²) in [5.41, 5.74) is 5.89. The number of allylic oxidation sites excluding steroid dienone is 3. The number of thiazole rings is 1. The standard InChI is InChI=1S/C27H32N4O4S/c1-17-25(36-16-29-17)21-10-8-20(9-11-21)14-28-26(34)24-13-22(33)15-31(24)27(35)23(30-18(2)32)12-19-6-4-3-5-7-19/h3-4,6,8-11,16,22-24,33H,5,7,12-15H2,1-2H3,(H,28,34)(H,30,32). The van der Waals surface area contributed by atoms with Crippen LogP contribution in [0, 0.1) is 6.92 Å². The molecular formula is C27H32N4O4S. The van der Waals surface area contributed by atoms with Gasteiger partial charge in [-0.25, -0.2) is 4.98 Å². The van der Waals surface area contributed by atoms with Gasteiger partial charge in [-0.2, -0.15) is 0 Å². The molecule has 2 aromatic rings. The molecule has 1 aliphatic carbocycles. The van der Waals surface area contributed by atoms with Crippen LogP contribution in [0.5, 0.6) is 0 Å². The summed E-state index contributed by atoms with van der Waals surface area (Å²) in [6.45, 7) is 3.72. The molecule has 1 aromatic heterocycles. The summed E-state index contributed by atoms with van der Waals surface area (Å²) < 4.78 is 0. The fraction of sp³-hybridized carbons (Fsp3) is 0.407. The van der Waals surface area contributed by atoms with E-state index < -0.39 is 18.2 Å². The van der Waals surface area contributed by atoms with Crippen LogP contribution in [0.3, 0.4) is 0 Å². The number of nitrogens with zero attached hydrogens (tertiary/aromatic N) is 2. The molecule has 0 saturated carbocycles. The first-order valence-electron chi connectivity index (χ1n) is 12.2. The maximum absolute atomic E-state index is 13.4. The molecule has 3 unspecified atom stereocenters. The molecule has 1 fully saturated rings. The van der Waals surface area contributed by atoms with Crippen molar-refractivity contribution in [2.45, 2.75) is 64.3 Å². The fourth-order valence-corrected chi connectivity index (χ4v) is 5.51. The monoisotopic (exact) mass is 508 g/mol. The lowest BCUT2D eigenvalue weighted by molar-refractivity contribution is -0.141. The maximum Gasteiger partial charge on any atom is 0.246 e. The number of hydrogen-bond donors (Lipinski definition) is 3. The maximum atomic E-state index is 13.4. The van der Waals surface area contributed by atoms with Crippen LogP contribution in [0.1, 0.15) is 43.9 Å². The van der Waals surface area contributed by atoms with E-state index in [4.69, 9.17) is 0 Å². The van der Waals surface area contributed by atoms with E-state index >= 15 is 0 Å². The summed E-state index contributed by atoms with van der Waals surface area (Å²) in [6, 6.07) is 6.36. The molecule has 8 nitrogen and oxygen atoms in total. The number of likely N-dealkylation sites (tertiary alicyclic amines) is 1. The molecule has 1 saturated heterocycles. The van der Waals surface area contributed by atoms with E-state index in [1.54, 1.807) is 11.3 Å². The summed E-state index contributed by atoms with van der Waals surface area (Å²) >= 11 is 1.59. The smallest absolute Gasteiger partial charge is 0.246 e. The zero-order chi connectivity index (χ0) is 25.7. The van der Waals surface area contributed by atoms with Crippen LogP contribution in [0.4, 0.5) is 0 Å². The third-order valence-corrected chi connectivity index (χ3v) is 7.51. The van der Waals surface area contributed by atoms with Gasteiger partial charge in [-0.3, -0.25) is 14.4 Å². The lowest BCUT2D eigenvalue weighted by Crippen LogP contribution is -2.53. The van der Waals surface area contributed by atoms with Crippen LogP contribution in [-0.4, -0.2) is 57.4 Å². The Morgan fingerprint density at radius 3 is 2.67 bits per heavy atom. The summed E-state index contributed by atoms with van der Waals surface area (Å²) in [7, 11) is 0. The predicted molar refractivity (Wildman–Crippen MR) is 139 cm³/mol. The number of carbonyl (C=O) groups is 3. The molecule has 0 spiro atoms. The van der Waals surface area contributed by atoms with Gasteiger partial charge in [-0.05, 0) is 37.3 Å². The average molecular weight is 509 g/mol. The van der Waals surface area contributed by atoms with E-state index in [1.165, 1.54) is 11.8 Å². The third-order valence-electron chi connectivity index (χ3n) is 6.54. The van der Waals surface area contributed by atoms with Crippen LogP contribution < -0.4 is 10.6 Å². The molecule has 1 aromatic carbocycles. The molecule has 190 valence electrons. The number of nitrogens with one attached hydrogen (secondary N) is 2. The predicted octanol–water partition coefficient (Wildman–Crippen LogP) is 2.87. The van der Waals surface area contributed by atoms with Gasteiger partial charge in [0.2, 0.25) is 17.7 Å². The highest BCUT2D eigenvalue weighted by Crippen LogP contribution is 2.27. The van der Waals surface area contributed by atoms with E-state index in [1.807, 2.05) is 48.9 Å². The van der Waals surface area contributed by atoms with Gasteiger partial charge in [0, 0.05) is 26.4 Å². The molecule has 3 N–H and O–H groups in total. The van der Waals surface area contributed by atoms with Gasteiger partial charge in [0.1, 0.15) is 12.1 Å². The number of amides is 3. The molecule has 2 aliphatic rings. The molecule has 9 heteroatoms. The second-order valence-electron chi connectivity index (χ2n) is 9.33. The second-order valence-corrected chi connectivity index (χ2v) is 10.2. The molecule has 36 heavy (non-hydrogen) atoms. The Kier molecular flexibility index (Phi) is 8.32. The highest BCUT2D eigenvalue weighted by atomic mass is 32.1. The van der Waals surface area contributed by atoms with Crippen LogP contribution >= 0.6 is 11.3 Å². The lowest BCUT2D eigenvalue weighted by Gasteiger charge is -2.29. The normalized spacial score (nSPS) is 20.1. The highest BCUT2D eigenvalue weighted by molar-refractivity contribution is 7.13. The highest BCUT2D eigenvalue weighted by Gasteiger charge is 2.41. The van der Waals surface area contributed by atoms with E-state index in [2.05, 4.69) is 21.7 Å². The minimum absolute atomic E-state index is 0.0643. The molecule has 3 atom stereocenters. The zero-order valence-electron chi connectivity index (χ0n) is 20.6. The summed E-state index contributed by atoms with van der Waals surface area (Å²) in [6.07, 6.45) is 7.46. The molecule has 2 heterocycles. The average Bonchev–Trinajstić information content (AvgIpc) is 3.47. The number of rotatable bonds is 8. The van der Waals surface area contributed by atoms with Crippen molar-refractivity contribution < 1.29 is 19.5 Å². The minimum atomic E-state index is -0.790. The van der Waals surface area contributed by atoms with Crippen molar-refractivity contribution in [3.05, 3.63) is 64.8 Å². The number of β-amino-alcohol motifs (C(OH)–C–C–N with tert-alkyl or cyclic N) is 1. The number of benzene rings is 1. The van der Waals surface area contributed by atoms with Gasteiger partial charge in [-0.1, -0.05) is 48.1 Å². The lowest BCUT2D eigenvalue weighted by atomic mass is 9.97. The number of aliphatic hydroxyl groups excluding tert-OH is 1. The first-order valence-corrected chi connectivity index (χ1v) is 13.1. The van der Waals surface area contributed by atoms with Crippen LogP contribution in [0.25, 0.3) is 10.4 Å². The van der Waals surface area contributed by atoms with Gasteiger partial charge >= 0.3 is 0 Å². The molecule has 0 bridgehead atoms. The van der Waals surface area contributed by atoms with Crippen molar-refractivity contribution in [2.75, 3.05) is 6.54 Å². The largest absolute Gasteiger partial charge is 0.391 e. The van der Waals surface area contributed by atoms with Crippen molar-refractivity contribution in [1.82, 2.24) is 20.5 Å². The number of aromatic nitrogens is 1. The Labute approximate surface area is 215 Å². The van der Waals surface area contributed by atoms with E-state index in [9.17, 15) is 19.5 Å². The van der Waals surface area contributed by atoms with Gasteiger partial charge in [0.05, 0.1) is 22.2 Å². The van der Waals surface area contributed by atoms with E-state index in [0.717, 1.165) is 40.1 Å². The fourth-order valence-electron chi connectivity index (χ4n) is 4.70. The summed E-state index contributed by atoms with van der Waals surface area (Å²) in [5.74, 6) is -0.969. The molecule has 0 radical (unpaired) electrons. The van der Waals surface area contributed by atoms with Gasteiger partial charge in [-0.15, -0.1) is 11.3 Å². The first kappa shape index (κ1) is 25.8. The molecule has 3 amide bonds. The Morgan fingerprint density at radius 1 is 1.25 bits per heavy atom. The number of carbonyl (C=O) groups excluding carboxylic acids is 3. The number of aryl methyl sites for hydroxylation is 1. The Bertz CT molecular complexity index is 1170. The van der Waals surface area contributed by atoms with Crippen molar-refractivity contribution in [2.24, 2.45) is 0 Å². The first-order chi connectivity index (χ1) is 17.3. The van der Waals surface area contributed by atoms with Gasteiger partial charge in [0.15, 0.2) is 0 Å². The summed E-state index contributed by atoms with van der Waals surface area (Å²) in [4.78, 5) is 45.2. The van der Waals surface area contributed by atoms with Crippen molar-refractivity contribution in [1.29, 1.82) is 0 Å². The Morgan fingerprint density at radius 2 is 2.03 bits per heavy atom. The third kappa shape index (κ3) is 6.27. The molecular weight excluding hydrogens is 476 g/mol. The quantitative estimate of drug-likeness (QED) is 0.508. The Balaban J connectivity index is 1.40. The van der Waals surface area contributed by atoms with Crippen molar-refractivity contribution >= 4 is 29.1 Å². The number of aliphatic hydroxyl groups is 1. The van der Waals surface area contributed by atoms with Gasteiger partial charge in [0.25, 0.3) is 0 Å². The van der Waals surface area contributed by atoms with Crippen LogP contribution in [0.15, 0.2) is 53.6 Å². The number of hydrogen-bond acceptors (Lipinski definition) is 6. The SMILES string of the molecule is CC(=O)NC(CC1=CC=CCC1)C(=O)N1CC(O)CC1C(=O)NCc1ccc(-c2scnc2C)cc1. The summed E-state index contributed by atoms with van der Waals surface area (Å²) in [5, 5.41) is 16.0. The van der Waals surface area contributed by atoms with E-state index in [-0.39, 0.29) is 30.7 Å². The van der Waals surface area contributed by atoms with Crippen molar-refractivity contribution in [3.63, 3.8) is 0 Å². The zero-order valence-corrected chi connectivity index (χ0v) is 21.4. The van der Waals surface area contributed by atoms with E-state index in [0.29, 0.717) is 13.0 Å². The molecule has 4 rings (SSSR count). The second kappa shape index (κ2) is 11.6. The van der Waals surface area contributed by atoms with Crippen molar-refractivity contribution in [3.8, 4) is 10.4 Å². The Hall–Kier alpha value is -3.30. The minimum Gasteiger partial charge on any atom is -0.391 e. The molecule has 1 aliphatic heterocycles. The van der Waals surface area contributed by atoms with Crippen LogP contribution in [0.2, 0.25) is 0 Å².